The van der Waals surface area contributed by atoms with Gasteiger partial charge in [0, 0.05) is 6.54 Å². The average molecular weight is 440 g/mol. The largest absolute Gasteiger partial charge is 0.493 e. The van der Waals surface area contributed by atoms with E-state index in [0.29, 0.717) is 36.1 Å². The van der Waals surface area contributed by atoms with Gasteiger partial charge in [-0.15, -0.1) is 0 Å². The van der Waals surface area contributed by atoms with E-state index >= 15 is 0 Å². The van der Waals surface area contributed by atoms with Crippen LogP contribution in [0, 0.1) is 5.92 Å². The van der Waals surface area contributed by atoms with Gasteiger partial charge in [-0.05, 0) is 54.5 Å². The van der Waals surface area contributed by atoms with Crippen molar-refractivity contribution < 1.29 is 28.5 Å². The zero-order chi connectivity index (χ0) is 23.5. The molecular weight excluding hydrogens is 410 g/mol. The molecule has 0 fully saturated rings. The summed E-state index contributed by atoms with van der Waals surface area (Å²) >= 11 is 0. The molecule has 0 aromatic heterocycles. The van der Waals surface area contributed by atoms with Crippen LogP contribution < -0.4 is 24.7 Å². The zero-order valence-corrected chi connectivity index (χ0v) is 18.8. The Labute approximate surface area is 188 Å². The number of allylic oxidation sites excluding steroid dienone is 2. The van der Waals surface area contributed by atoms with Gasteiger partial charge in [-0.2, -0.15) is 0 Å². The number of ether oxygens (including phenoxy) is 4. The molecule has 0 amide bonds. The third-order valence-corrected chi connectivity index (χ3v) is 4.70. The van der Waals surface area contributed by atoms with E-state index in [2.05, 4.69) is 0 Å². The van der Waals surface area contributed by atoms with Crippen molar-refractivity contribution >= 4 is 23.7 Å². The van der Waals surface area contributed by atoms with Crippen LogP contribution in [0.3, 0.4) is 0 Å². The monoisotopic (exact) mass is 439 g/mol. The Morgan fingerprint density at radius 2 is 1.28 bits per heavy atom. The Morgan fingerprint density at radius 1 is 0.812 bits per heavy atom. The number of carbonyl (C=O) groups is 2. The van der Waals surface area contributed by atoms with Gasteiger partial charge >= 0.3 is 0 Å². The second-order valence-electron chi connectivity index (χ2n) is 6.85. The number of hydrogen-bond acceptors (Lipinski definition) is 7. The molecule has 0 aliphatic carbocycles. The molecular formula is C25H29NO6. The van der Waals surface area contributed by atoms with Crippen LogP contribution in [0.15, 0.2) is 48.6 Å². The lowest BCUT2D eigenvalue weighted by molar-refractivity contribution is -0.126. The molecule has 2 aromatic rings. The Morgan fingerprint density at radius 3 is 1.75 bits per heavy atom. The third kappa shape index (κ3) is 6.72. The van der Waals surface area contributed by atoms with Gasteiger partial charge in [0.05, 0.1) is 27.2 Å². The van der Waals surface area contributed by atoms with E-state index in [1.54, 1.807) is 69.7 Å². The molecule has 1 atom stereocenters. The molecule has 7 heteroatoms. The first kappa shape index (κ1) is 24.7. The molecule has 1 unspecified atom stereocenters. The quantitative estimate of drug-likeness (QED) is 0.399. The van der Waals surface area contributed by atoms with Gasteiger partial charge < -0.3 is 24.7 Å². The summed E-state index contributed by atoms with van der Waals surface area (Å²) in [4.78, 5) is 24.9. The highest BCUT2D eigenvalue weighted by atomic mass is 16.5. The minimum atomic E-state index is -0.809. The maximum atomic E-state index is 12.5. The molecule has 0 bridgehead atoms. The van der Waals surface area contributed by atoms with Crippen LogP contribution in [0.5, 0.6) is 23.0 Å². The van der Waals surface area contributed by atoms with Gasteiger partial charge in [-0.3, -0.25) is 9.59 Å². The Bertz CT molecular complexity index is 996. The molecule has 0 saturated heterocycles. The van der Waals surface area contributed by atoms with Crippen molar-refractivity contribution in [2.24, 2.45) is 11.7 Å². The fourth-order valence-electron chi connectivity index (χ4n) is 2.82. The van der Waals surface area contributed by atoms with Crippen LogP contribution in [0.4, 0.5) is 0 Å². The topological polar surface area (TPSA) is 97.1 Å². The maximum Gasteiger partial charge on any atom is 0.166 e. The van der Waals surface area contributed by atoms with Crippen molar-refractivity contribution in [2.75, 3.05) is 34.5 Å². The summed E-state index contributed by atoms with van der Waals surface area (Å²) in [6.45, 7) is 2.35. The summed E-state index contributed by atoms with van der Waals surface area (Å²) in [7, 11) is 4.63. The van der Waals surface area contributed by atoms with Gasteiger partial charge in [0.2, 0.25) is 0 Å². The first-order valence-corrected chi connectivity index (χ1v) is 10.1. The van der Waals surface area contributed by atoms with Crippen molar-refractivity contribution in [3.63, 3.8) is 0 Å². The molecule has 2 N–H and O–H groups in total. The molecule has 7 nitrogen and oxygen atoms in total. The van der Waals surface area contributed by atoms with E-state index in [4.69, 9.17) is 24.7 Å². The third-order valence-electron chi connectivity index (χ3n) is 4.70. The molecule has 170 valence electrons. The molecule has 0 saturated carbocycles. The number of methoxy groups -OCH3 is 3. The van der Waals surface area contributed by atoms with Crippen molar-refractivity contribution in [3.05, 3.63) is 59.7 Å². The van der Waals surface area contributed by atoms with Crippen molar-refractivity contribution in [2.45, 2.75) is 6.92 Å². The molecule has 2 rings (SSSR count). The number of nitrogens with two attached hydrogens (primary N) is 1. The van der Waals surface area contributed by atoms with Gasteiger partial charge in [-0.1, -0.05) is 24.3 Å². The van der Waals surface area contributed by atoms with Gasteiger partial charge in [0.25, 0.3) is 0 Å². The summed E-state index contributed by atoms with van der Waals surface area (Å²) < 4.78 is 21.3. The smallest absolute Gasteiger partial charge is 0.166 e. The SMILES string of the molecule is COc1ccc(/C=C/C(=O)C(C)C(=O)/C=C/c2ccc(OCCN)c(OC)c2)cc1OC. The number of rotatable bonds is 12. The lowest BCUT2D eigenvalue weighted by Crippen LogP contribution is -2.17. The molecule has 2 aromatic carbocycles. The van der Waals surface area contributed by atoms with Crippen LogP contribution in [0.25, 0.3) is 12.2 Å². The summed E-state index contributed by atoms with van der Waals surface area (Å²) in [5.74, 6) is 0.869. The Balaban J connectivity index is 2.04. The minimum Gasteiger partial charge on any atom is -0.493 e. The van der Waals surface area contributed by atoms with E-state index < -0.39 is 5.92 Å². The highest BCUT2D eigenvalue weighted by Crippen LogP contribution is 2.29. The van der Waals surface area contributed by atoms with Crippen LogP contribution in [-0.2, 0) is 9.59 Å². The first-order chi connectivity index (χ1) is 15.4. The fourth-order valence-corrected chi connectivity index (χ4v) is 2.82. The molecule has 0 heterocycles. The fraction of sp³-hybridized carbons (Fsp3) is 0.280. The number of ketones is 2. The van der Waals surface area contributed by atoms with Crippen LogP contribution in [-0.4, -0.2) is 46.0 Å². The van der Waals surface area contributed by atoms with Crippen LogP contribution in [0.2, 0.25) is 0 Å². The lowest BCUT2D eigenvalue weighted by atomic mass is 9.99. The Kier molecular flexibility index (Phi) is 9.50. The van der Waals surface area contributed by atoms with E-state index in [1.165, 1.54) is 19.3 Å². The van der Waals surface area contributed by atoms with Gasteiger partial charge in [-0.25, -0.2) is 0 Å². The predicted molar refractivity (Wildman–Crippen MR) is 124 cm³/mol. The Hall–Kier alpha value is -3.58. The molecule has 0 aliphatic heterocycles. The van der Waals surface area contributed by atoms with E-state index in [9.17, 15) is 9.59 Å². The summed E-state index contributed by atoms with van der Waals surface area (Å²) in [5.41, 5.74) is 6.96. The van der Waals surface area contributed by atoms with Gasteiger partial charge in [0.1, 0.15) is 6.61 Å². The standard InChI is InChI=1S/C25H29NO6/c1-17(20(27)9-5-18-7-11-22(29-2)24(15-18)30-3)21(28)10-6-19-8-12-23(32-14-13-26)25(16-19)31-4/h5-12,15-17H,13-14,26H2,1-4H3/b9-5+,10-6+. The first-order valence-electron chi connectivity index (χ1n) is 10.1. The van der Waals surface area contributed by atoms with Crippen molar-refractivity contribution in [1.29, 1.82) is 0 Å². The lowest BCUT2D eigenvalue weighted by Gasteiger charge is -2.10. The molecule has 32 heavy (non-hydrogen) atoms. The second-order valence-corrected chi connectivity index (χ2v) is 6.85. The van der Waals surface area contributed by atoms with Crippen LogP contribution in [0.1, 0.15) is 18.1 Å². The number of carbonyl (C=O) groups excluding carboxylic acids is 2. The van der Waals surface area contributed by atoms with Crippen molar-refractivity contribution in [1.82, 2.24) is 0 Å². The van der Waals surface area contributed by atoms with Gasteiger partial charge in [0.15, 0.2) is 34.6 Å². The molecule has 0 aliphatic rings. The molecule has 0 radical (unpaired) electrons. The highest BCUT2D eigenvalue weighted by molar-refractivity contribution is 6.13. The zero-order valence-electron chi connectivity index (χ0n) is 18.8. The average Bonchev–Trinajstić information content (AvgIpc) is 2.83. The van der Waals surface area contributed by atoms with Crippen LogP contribution >= 0.6 is 0 Å². The minimum absolute atomic E-state index is 0.294. The predicted octanol–water partition coefficient (Wildman–Crippen LogP) is 3.55. The van der Waals surface area contributed by atoms with Crippen molar-refractivity contribution in [3.8, 4) is 23.0 Å². The highest BCUT2D eigenvalue weighted by Gasteiger charge is 2.17. The second kappa shape index (κ2) is 12.3. The summed E-state index contributed by atoms with van der Waals surface area (Å²) in [6.07, 6.45) is 6.06. The number of benzene rings is 2. The normalized spacial score (nSPS) is 12.0. The van der Waals surface area contributed by atoms with E-state index in [-0.39, 0.29) is 11.6 Å². The van der Waals surface area contributed by atoms with E-state index in [1.807, 2.05) is 0 Å². The summed E-state index contributed by atoms with van der Waals surface area (Å²) in [6, 6.07) is 10.6. The summed E-state index contributed by atoms with van der Waals surface area (Å²) in [5, 5.41) is 0. The maximum absolute atomic E-state index is 12.5. The molecule has 0 spiro atoms. The van der Waals surface area contributed by atoms with E-state index in [0.717, 1.165) is 11.1 Å². The number of hydrogen-bond donors (Lipinski definition) is 1.